The minimum atomic E-state index is -0.769. The summed E-state index contributed by atoms with van der Waals surface area (Å²) in [6.07, 6.45) is 0. The van der Waals surface area contributed by atoms with E-state index in [4.69, 9.17) is 0 Å². The average Bonchev–Trinajstić information content (AvgIpc) is 1.87. The predicted octanol–water partition coefficient (Wildman–Crippen LogP) is -1.06. The van der Waals surface area contributed by atoms with Crippen molar-refractivity contribution in [2.24, 2.45) is 5.73 Å². The SMILES string of the molecule is NC(=O)C#CNC(=O)CBr. The Hall–Kier alpha value is -1.02. The molecule has 0 aliphatic rings. The highest BCUT2D eigenvalue weighted by molar-refractivity contribution is 9.09. The van der Waals surface area contributed by atoms with Crippen LogP contribution in [0.4, 0.5) is 0 Å². The maximum absolute atomic E-state index is 10.4. The molecule has 0 unspecified atom stereocenters. The second-order valence-electron chi connectivity index (χ2n) is 1.30. The van der Waals surface area contributed by atoms with Gasteiger partial charge in [-0.25, -0.2) is 0 Å². The zero-order valence-corrected chi connectivity index (χ0v) is 6.56. The Bertz CT molecular complexity index is 203. The van der Waals surface area contributed by atoms with Crippen LogP contribution in [0.15, 0.2) is 0 Å². The first kappa shape index (κ1) is 8.98. The molecule has 4 nitrogen and oxygen atoms in total. The van der Waals surface area contributed by atoms with Crippen LogP contribution < -0.4 is 11.1 Å². The fourth-order valence-corrected chi connectivity index (χ4v) is 0.336. The lowest BCUT2D eigenvalue weighted by atomic mass is 10.6. The Morgan fingerprint density at radius 2 is 2.20 bits per heavy atom. The Balaban J connectivity index is 3.66. The molecule has 0 fully saturated rings. The molecule has 0 aliphatic heterocycles. The van der Waals surface area contributed by atoms with Gasteiger partial charge in [0, 0.05) is 12.0 Å². The number of hydrogen-bond donors (Lipinski definition) is 2. The van der Waals surface area contributed by atoms with Crippen molar-refractivity contribution in [3.05, 3.63) is 0 Å². The molecule has 0 rings (SSSR count). The molecule has 0 radical (unpaired) electrons. The van der Waals surface area contributed by atoms with E-state index in [1.165, 1.54) is 0 Å². The normalized spacial score (nSPS) is 7.30. The average molecular weight is 205 g/mol. The molecule has 5 heteroatoms. The van der Waals surface area contributed by atoms with Gasteiger partial charge in [-0.3, -0.25) is 14.9 Å². The number of hydrogen-bond acceptors (Lipinski definition) is 2. The van der Waals surface area contributed by atoms with E-state index in [-0.39, 0.29) is 11.2 Å². The lowest BCUT2D eigenvalue weighted by Crippen LogP contribution is -2.19. The van der Waals surface area contributed by atoms with E-state index < -0.39 is 5.91 Å². The Morgan fingerprint density at radius 3 is 2.60 bits per heavy atom. The van der Waals surface area contributed by atoms with Crippen molar-refractivity contribution in [2.45, 2.75) is 0 Å². The molecule has 0 aliphatic carbocycles. The third-order valence-electron chi connectivity index (χ3n) is 0.509. The number of primary amides is 1. The number of carbonyl (C=O) groups excluding carboxylic acids is 2. The molecule has 0 aromatic heterocycles. The zero-order chi connectivity index (χ0) is 7.98. The van der Waals surface area contributed by atoms with Crippen molar-refractivity contribution in [2.75, 3.05) is 5.33 Å². The highest BCUT2D eigenvalue weighted by Crippen LogP contribution is 1.75. The molecular weight excluding hydrogens is 200 g/mol. The molecule has 54 valence electrons. The quantitative estimate of drug-likeness (QED) is 0.325. The molecular formula is C5H5BrN2O2. The van der Waals surface area contributed by atoms with Crippen LogP contribution in [0, 0.1) is 12.0 Å². The topological polar surface area (TPSA) is 72.2 Å². The number of alkyl halides is 1. The van der Waals surface area contributed by atoms with E-state index in [9.17, 15) is 9.59 Å². The first-order valence-corrected chi connectivity index (χ1v) is 3.44. The van der Waals surface area contributed by atoms with Crippen LogP contribution in [0.25, 0.3) is 0 Å². The minimum absolute atomic E-state index is 0.153. The Kier molecular flexibility index (Phi) is 4.33. The van der Waals surface area contributed by atoms with Crippen molar-refractivity contribution < 1.29 is 9.59 Å². The summed E-state index contributed by atoms with van der Waals surface area (Å²) in [6, 6.07) is 2.08. The van der Waals surface area contributed by atoms with Crippen molar-refractivity contribution in [3.8, 4) is 12.0 Å². The van der Waals surface area contributed by atoms with E-state index >= 15 is 0 Å². The van der Waals surface area contributed by atoms with E-state index in [0.29, 0.717) is 0 Å². The Morgan fingerprint density at radius 1 is 1.60 bits per heavy atom. The van der Waals surface area contributed by atoms with Crippen molar-refractivity contribution in [1.82, 2.24) is 5.32 Å². The number of halogens is 1. The molecule has 0 saturated carbocycles. The number of nitrogens with one attached hydrogen (secondary N) is 1. The third kappa shape index (κ3) is 5.12. The van der Waals surface area contributed by atoms with Gasteiger partial charge in [0.05, 0.1) is 5.33 Å². The van der Waals surface area contributed by atoms with Gasteiger partial charge in [0.25, 0.3) is 5.91 Å². The van der Waals surface area contributed by atoms with Crippen LogP contribution in [-0.2, 0) is 9.59 Å². The number of carbonyl (C=O) groups is 2. The highest BCUT2D eigenvalue weighted by atomic mass is 79.9. The van der Waals surface area contributed by atoms with Gasteiger partial charge in [-0.2, -0.15) is 0 Å². The molecule has 0 saturated heterocycles. The van der Waals surface area contributed by atoms with Crippen molar-refractivity contribution in [1.29, 1.82) is 0 Å². The molecule has 0 atom stereocenters. The van der Waals surface area contributed by atoms with Gasteiger partial charge in [0.15, 0.2) is 0 Å². The fourth-order valence-electron chi connectivity index (χ4n) is 0.196. The summed E-state index contributed by atoms with van der Waals surface area (Å²) < 4.78 is 0. The first-order chi connectivity index (χ1) is 4.66. The second kappa shape index (κ2) is 4.82. The minimum Gasteiger partial charge on any atom is -0.359 e. The van der Waals surface area contributed by atoms with Gasteiger partial charge in [0.2, 0.25) is 5.91 Å². The van der Waals surface area contributed by atoms with Crippen molar-refractivity contribution in [3.63, 3.8) is 0 Å². The summed E-state index contributed by atoms with van der Waals surface area (Å²) in [5.74, 6) is 0.867. The molecule has 0 aromatic rings. The molecule has 0 bridgehead atoms. The molecule has 2 amide bonds. The summed E-state index contributed by atoms with van der Waals surface area (Å²) >= 11 is 2.89. The monoisotopic (exact) mass is 204 g/mol. The maximum Gasteiger partial charge on any atom is 0.295 e. The first-order valence-electron chi connectivity index (χ1n) is 2.32. The molecule has 0 spiro atoms. The van der Waals surface area contributed by atoms with Gasteiger partial charge < -0.3 is 5.73 Å². The van der Waals surface area contributed by atoms with Crippen LogP contribution in [0.1, 0.15) is 0 Å². The molecule has 3 N–H and O–H groups in total. The predicted molar refractivity (Wildman–Crippen MR) is 38.9 cm³/mol. The molecule has 10 heavy (non-hydrogen) atoms. The van der Waals surface area contributed by atoms with Gasteiger partial charge in [0.1, 0.15) is 0 Å². The Labute approximate surface area is 66.3 Å². The van der Waals surface area contributed by atoms with Crippen LogP contribution in [0.2, 0.25) is 0 Å². The summed E-state index contributed by atoms with van der Waals surface area (Å²) in [7, 11) is 0. The molecule has 0 aromatic carbocycles. The lowest BCUT2D eigenvalue weighted by Gasteiger charge is -1.86. The number of rotatable bonds is 1. The third-order valence-corrected chi connectivity index (χ3v) is 1.02. The van der Waals surface area contributed by atoms with Gasteiger partial charge in [-0.1, -0.05) is 15.9 Å². The zero-order valence-electron chi connectivity index (χ0n) is 4.98. The van der Waals surface area contributed by atoms with Gasteiger partial charge >= 0.3 is 0 Å². The maximum atomic E-state index is 10.4. The van der Waals surface area contributed by atoms with E-state index in [1.807, 2.05) is 5.92 Å². The standard InChI is InChI=1S/C5H5BrN2O2/c6-3-5(10)8-2-1-4(7)9/h3H2,(H2,7,9)(H,8,10). The largest absolute Gasteiger partial charge is 0.359 e. The van der Waals surface area contributed by atoms with Gasteiger partial charge in [-0.15, -0.1) is 0 Å². The van der Waals surface area contributed by atoms with Crippen LogP contribution in [0.3, 0.4) is 0 Å². The van der Waals surface area contributed by atoms with Crippen molar-refractivity contribution >= 4 is 27.7 Å². The highest BCUT2D eigenvalue weighted by Gasteiger charge is 1.90. The summed E-state index contributed by atoms with van der Waals surface area (Å²) in [5.41, 5.74) is 4.64. The van der Waals surface area contributed by atoms with Gasteiger partial charge in [-0.05, 0) is 0 Å². The van der Waals surface area contributed by atoms with Crippen LogP contribution >= 0.6 is 15.9 Å². The van der Waals surface area contributed by atoms with E-state index in [2.05, 4.69) is 33.0 Å². The van der Waals surface area contributed by atoms with Crippen LogP contribution in [0.5, 0.6) is 0 Å². The van der Waals surface area contributed by atoms with E-state index in [1.54, 1.807) is 0 Å². The second-order valence-corrected chi connectivity index (χ2v) is 1.86. The fraction of sp³-hybridized carbons (Fsp3) is 0.200. The molecule has 0 heterocycles. The summed E-state index contributed by atoms with van der Waals surface area (Å²) in [4.78, 5) is 20.3. The smallest absolute Gasteiger partial charge is 0.295 e. The summed E-state index contributed by atoms with van der Waals surface area (Å²) in [6.45, 7) is 0. The van der Waals surface area contributed by atoms with E-state index in [0.717, 1.165) is 0 Å². The number of nitrogens with two attached hydrogens (primary N) is 1. The lowest BCUT2D eigenvalue weighted by molar-refractivity contribution is -0.117. The van der Waals surface area contributed by atoms with Crippen LogP contribution in [-0.4, -0.2) is 17.1 Å². The number of amides is 2. The summed E-state index contributed by atoms with van der Waals surface area (Å²) in [5, 5.41) is 2.27.